The number of hydrogen-bond donors (Lipinski definition) is 0. The molecule has 0 saturated carbocycles. The van der Waals surface area contributed by atoms with Crippen molar-refractivity contribution in [1.29, 1.82) is 0 Å². The summed E-state index contributed by atoms with van der Waals surface area (Å²) in [5, 5.41) is 2.14. The quantitative estimate of drug-likeness (QED) is 0.127. The van der Waals surface area contributed by atoms with Gasteiger partial charge in [-0.05, 0) is 0 Å². The number of carbonyl (C=O) groups is 1. The number of carbonyl (C=O) groups excluding carboxylic acids is 1. The van der Waals surface area contributed by atoms with Crippen molar-refractivity contribution in [2.75, 3.05) is 0 Å². The van der Waals surface area contributed by atoms with Crippen molar-refractivity contribution in [2.24, 2.45) is 21.7 Å². The summed E-state index contributed by atoms with van der Waals surface area (Å²) in [6.07, 6.45) is 8.99. The molecule has 3 aromatic heterocycles. The fraction of sp³-hybridized carbons (Fsp3) is 0.353. The molecule has 0 aliphatic heterocycles. The Morgan fingerprint density at radius 1 is 0.582 bits per heavy atom. The molecular formula is C51H58O3Se. The van der Waals surface area contributed by atoms with Gasteiger partial charge < -0.3 is 0 Å². The zero-order chi connectivity index (χ0) is 40.2. The summed E-state index contributed by atoms with van der Waals surface area (Å²) in [6, 6.07) is 25.4. The summed E-state index contributed by atoms with van der Waals surface area (Å²) in [4.78, 5) is 14.1. The van der Waals surface area contributed by atoms with Gasteiger partial charge in [0.15, 0.2) is 0 Å². The van der Waals surface area contributed by atoms with Crippen LogP contribution < -0.4 is 0 Å². The number of furan rings is 2. The predicted molar refractivity (Wildman–Crippen MR) is 234 cm³/mol. The van der Waals surface area contributed by atoms with E-state index in [2.05, 4.69) is 164 Å². The zero-order valence-electron chi connectivity index (χ0n) is 35.4. The van der Waals surface area contributed by atoms with Gasteiger partial charge in [-0.15, -0.1) is 0 Å². The summed E-state index contributed by atoms with van der Waals surface area (Å²) in [6.45, 7) is 30.9. The van der Waals surface area contributed by atoms with Crippen molar-refractivity contribution in [2.45, 2.75) is 96.9 Å². The number of benzene rings is 2. The summed E-state index contributed by atoms with van der Waals surface area (Å²) in [5.41, 5.74) is 9.53. The van der Waals surface area contributed by atoms with E-state index in [1.165, 1.54) is 20.0 Å². The van der Waals surface area contributed by atoms with Gasteiger partial charge in [-0.3, -0.25) is 0 Å². The Labute approximate surface area is 335 Å². The molecule has 6 rings (SSSR count). The third-order valence-electron chi connectivity index (χ3n) is 10.8. The van der Waals surface area contributed by atoms with Gasteiger partial charge in [0, 0.05) is 0 Å². The normalized spacial score (nSPS) is 15.2. The van der Waals surface area contributed by atoms with Gasteiger partial charge in [-0.25, -0.2) is 0 Å². The van der Waals surface area contributed by atoms with Crippen molar-refractivity contribution < 1.29 is 13.6 Å². The van der Waals surface area contributed by atoms with Gasteiger partial charge in [0.2, 0.25) is 0 Å². The van der Waals surface area contributed by atoms with Crippen LogP contribution in [0, 0.1) is 21.7 Å². The third kappa shape index (κ3) is 8.57. The van der Waals surface area contributed by atoms with Crippen LogP contribution in [0.15, 0.2) is 139 Å². The third-order valence-corrected chi connectivity index (χ3v) is 13.2. The Morgan fingerprint density at radius 3 is 1.47 bits per heavy atom. The van der Waals surface area contributed by atoms with Gasteiger partial charge >= 0.3 is 337 Å². The second-order valence-electron chi connectivity index (χ2n) is 19.2. The fourth-order valence-electron chi connectivity index (χ4n) is 6.60. The van der Waals surface area contributed by atoms with E-state index >= 15 is 0 Å². The van der Waals surface area contributed by atoms with Crippen LogP contribution in [0.5, 0.6) is 0 Å². The topological polar surface area (TPSA) is 43.4 Å². The second kappa shape index (κ2) is 14.6. The molecule has 5 aromatic rings. The van der Waals surface area contributed by atoms with Crippen molar-refractivity contribution >= 4 is 53.4 Å². The minimum atomic E-state index is -0.342. The first-order valence-corrected chi connectivity index (χ1v) is 21.2. The monoisotopic (exact) mass is 798 g/mol. The number of ketones is 1. The van der Waals surface area contributed by atoms with E-state index in [0.717, 1.165) is 66.9 Å². The van der Waals surface area contributed by atoms with Crippen LogP contribution in [0.2, 0.25) is 0 Å². The van der Waals surface area contributed by atoms with Gasteiger partial charge in [0.05, 0.1) is 0 Å². The molecule has 2 aromatic carbocycles. The Kier molecular flexibility index (Phi) is 10.7. The molecule has 0 saturated heterocycles. The van der Waals surface area contributed by atoms with Crippen LogP contribution in [0.4, 0.5) is 0 Å². The van der Waals surface area contributed by atoms with E-state index in [9.17, 15) is 4.79 Å². The first-order chi connectivity index (χ1) is 25.5. The van der Waals surface area contributed by atoms with Crippen LogP contribution in [-0.4, -0.2) is 20.3 Å². The molecule has 0 spiro atoms. The number of rotatable bonds is 6. The van der Waals surface area contributed by atoms with Gasteiger partial charge in [0.25, 0.3) is 0 Å². The molecule has 0 N–H and O–H groups in total. The summed E-state index contributed by atoms with van der Waals surface area (Å²) in [7, 11) is 0. The molecule has 0 fully saturated rings. The number of para-hydroxylation sites is 2. The van der Waals surface area contributed by atoms with Crippen molar-refractivity contribution in [3.8, 4) is 0 Å². The molecule has 0 radical (unpaired) electrons. The van der Waals surface area contributed by atoms with Crippen molar-refractivity contribution in [3.05, 3.63) is 151 Å². The molecule has 0 bridgehead atoms. The average molecular weight is 798 g/mol. The van der Waals surface area contributed by atoms with E-state index < -0.39 is 0 Å². The zero-order valence-corrected chi connectivity index (χ0v) is 37.1. The maximum atomic E-state index is 14.1. The van der Waals surface area contributed by atoms with E-state index in [4.69, 9.17) is 8.83 Å². The van der Waals surface area contributed by atoms with Crippen LogP contribution in [0.25, 0.3) is 33.1 Å². The Morgan fingerprint density at radius 2 is 1.02 bits per heavy atom. The Hall–Kier alpha value is -4.37. The van der Waals surface area contributed by atoms with Crippen molar-refractivity contribution in [3.63, 3.8) is 0 Å². The summed E-state index contributed by atoms with van der Waals surface area (Å²) >= 11 is -0.152. The second-order valence-corrected chi connectivity index (χ2v) is 21.5. The molecule has 1 aliphatic carbocycles. The summed E-state index contributed by atoms with van der Waals surface area (Å²) < 4.78 is 15.9. The predicted octanol–water partition coefficient (Wildman–Crippen LogP) is 14.4. The molecule has 1 aliphatic rings. The van der Waals surface area contributed by atoms with E-state index in [1.807, 2.05) is 30.3 Å². The molecule has 0 unspecified atom stereocenters. The SMILES string of the molecule is C/C(=C\C(/C=C(\C)C(C)(C)C)=C(c1cc2ccccc2o1)c1ccc(C(=C2C=C(C(C)(C)C)C(=O)C(C(C)(C)C)=C2)c2cc3ccccc3o2)[se]1)C(C)(C)C. The first-order valence-electron chi connectivity index (χ1n) is 19.5. The van der Waals surface area contributed by atoms with Crippen LogP contribution >= 0.6 is 0 Å². The number of Topliss-reactive ketones (excluding diaryl/α,β-unsaturated/α-hetero) is 1. The molecular weight excluding hydrogens is 740 g/mol. The van der Waals surface area contributed by atoms with Gasteiger partial charge in [-0.2, -0.15) is 0 Å². The number of allylic oxidation sites excluding steroid dienone is 10. The first kappa shape index (κ1) is 40.3. The number of fused-ring (bicyclic) bond motifs is 2. The van der Waals surface area contributed by atoms with E-state index in [-0.39, 0.29) is 41.9 Å². The molecule has 0 amide bonds. The van der Waals surface area contributed by atoms with Gasteiger partial charge in [0.1, 0.15) is 0 Å². The molecule has 3 nitrogen and oxygen atoms in total. The van der Waals surface area contributed by atoms with Gasteiger partial charge in [-0.1, -0.05) is 0 Å². The number of hydrogen-bond acceptors (Lipinski definition) is 3. The maximum absolute atomic E-state index is 14.1. The van der Waals surface area contributed by atoms with Crippen LogP contribution in [-0.2, 0) is 4.79 Å². The molecule has 0 atom stereocenters. The molecule has 286 valence electrons. The Balaban J connectivity index is 1.72. The fourth-order valence-corrected chi connectivity index (χ4v) is 9.01. The standard InChI is InChI=1S/C51H58O3Se/c1-31(48(3,4)5)25-35(26-32(2)49(6,7)8)45(41-29-33-19-15-17-21-39(33)53-41)43-23-24-44(55-43)46(42-30-34-20-16-18-22-40(34)54-42)36-27-37(50(9,10)11)47(52)38(28-36)51(12,13)14/h15-30H,1-14H3/b31-25+,32-26+. The molecule has 4 heteroatoms. The van der Waals surface area contributed by atoms with Crippen LogP contribution in [0.3, 0.4) is 0 Å². The Bertz CT molecular complexity index is 2340. The molecule has 3 heterocycles. The van der Waals surface area contributed by atoms with E-state index in [0.29, 0.717) is 0 Å². The summed E-state index contributed by atoms with van der Waals surface area (Å²) in [5.74, 6) is 1.80. The van der Waals surface area contributed by atoms with Crippen LogP contribution in [0.1, 0.15) is 117 Å². The van der Waals surface area contributed by atoms with E-state index in [1.54, 1.807) is 0 Å². The average Bonchev–Trinajstić information content (AvgIpc) is 3.82. The van der Waals surface area contributed by atoms with Crippen molar-refractivity contribution in [1.82, 2.24) is 0 Å². The minimum absolute atomic E-state index is 0.0161. The molecule has 55 heavy (non-hydrogen) atoms.